The van der Waals surface area contributed by atoms with E-state index in [-0.39, 0.29) is 17.8 Å². The minimum atomic E-state index is -0.182. The number of nitrogens with zero attached hydrogens (tertiary/aromatic N) is 1. The molecule has 0 radical (unpaired) electrons. The molecule has 0 heterocycles. The van der Waals surface area contributed by atoms with Gasteiger partial charge in [-0.25, -0.2) is 4.39 Å². The van der Waals surface area contributed by atoms with Crippen molar-refractivity contribution in [2.24, 2.45) is 5.41 Å². The first-order chi connectivity index (χ1) is 8.63. The Morgan fingerprint density at radius 1 is 1.33 bits per heavy atom. The number of rotatable bonds is 5. The summed E-state index contributed by atoms with van der Waals surface area (Å²) in [5.74, 6) is -0.182. The lowest BCUT2D eigenvalue weighted by atomic mass is 9.86. The van der Waals surface area contributed by atoms with Crippen LogP contribution in [0.15, 0.2) is 24.3 Å². The number of hydrogen-bond acceptors (Lipinski definition) is 2. The lowest BCUT2D eigenvalue weighted by Crippen LogP contribution is -2.36. The summed E-state index contributed by atoms with van der Waals surface area (Å²) < 4.78 is 13.1. The maximum atomic E-state index is 13.1. The number of halogens is 1. The zero-order valence-corrected chi connectivity index (χ0v) is 11.0. The zero-order valence-electron chi connectivity index (χ0n) is 11.0. The van der Waals surface area contributed by atoms with Crippen molar-refractivity contribution in [3.05, 3.63) is 35.6 Å². The van der Waals surface area contributed by atoms with Crippen molar-refractivity contribution in [1.29, 1.82) is 0 Å². The summed E-state index contributed by atoms with van der Waals surface area (Å²) in [4.78, 5) is 2.19. The van der Waals surface area contributed by atoms with Gasteiger partial charge in [-0.15, -0.1) is 0 Å². The average Bonchev–Trinajstić information content (AvgIpc) is 2.78. The molecule has 1 aliphatic rings. The number of benzene rings is 1. The van der Waals surface area contributed by atoms with Crippen LogP contribution in [0, 0.1) is 11.2 Å². The fraction of sp³-hybridized carbons (Fsp3) is 0.600. The van der Waals surface area contributed by atoms with Crippen LogP contribution in [0.5, 0.6) is 0 Å². The smallest absolute Gasteiger partial charge is 0.123 e. The van der Waals surface area contributed by atoms with Crippen LogP contribution in [-0.2, 0) is 6.54 Å². The van der Waals surface area contributed by atoms with E-state index in [2.05, 4.69) is 4.90 Å². The highest BCUT2D eigenvalue weighted by Gasteiger charge is 2.34. The lowest BCUT2D eigenvalue weighted by molar-refractivity contribution is 0.0863. The van der Waals surface area contributed by atoms with E-state index in [0.717, 1.165) is 31.5 Å². The lowest BCUT2D eigenvalue weighted by Gasteiger charge is -2.31. The third-order valence-corrected chi connectivity index (χ3v) is 3.95. The number of aliphatic hydroxyl groups excluding tert-OH is 1. The van der Waals surface area contributed by atoms with Gasteiger partial charge in [-0.1, -0.05) is 25.0 Å². The molecule has 1 saturated carbocycles. The standard InChI is InChI=1S/C15H22FNO/c1-17(10-13-5-4-6-14(16)9-13)11-15(12-18)7-2-3-8-15/h4-6,9,18H,2-3,7-8,10-12H2,1H3. The summed E-state index contributed by atoms with van der Waals surface area (Å²) in [6.45, 7) is 1.89. The molecule has 0 atom stereocenters. The summed E-state index contributed by atoms with van der Waals surface area (Å²) in [5, 5.41) is 9.59. The predicted octanol–water partition coefficient (Wildman–Crippen LogP) is 2.81. The third kappa shape index (κ3) is 3.30. The Morgan fingerprint density at radius 2 is 2.06 bits per heavy atom. The van der Waals surface area contributed by atoms with Crippen molar-refractivity contribution >= 4 is 0 Å². The van der Waals surface area contributed by atoms with Gasteiger partial charge < -0.3 is 10.0 Å². The van der Waals surface area contributed by atoms with Crippen molar-refractivity contribution < 1.29 is 9.50 Å². The van der Waals surface area contributed by atoms with Crippen molar-refractivity contribution in [2.45, 2.75) is 32.2 Å². The molecule has 18 heavy (non-hydrogen) atoms. The molecule has 1 aliphatic carbocycles. The van der Waals surface area contributed by atoms with Crippen LogP contribution in [0.1, 0.15) is 31.2 Å². The van der Waals surface area contributed by atoms with Gasteiger partial charge in [0, 0.05) is 25.1 Å². The zero-order chi connectivity index (χ0) is 13.0. The normalized spacial score (nSPS) is 18.4. The highest BCUT2D eigenvalue weighted by atomic mass is 19.1. The van der Waals surface area contributed by atoms with Crippen LogP contribution in [0.2, 0.25) is 0 Å². The summed E-state index contributed by atoms with van der Waals surface area (Å²) in [6.07, 6.45) is 4.65. The molecule has 0 amide bonds. The van der Waals surface area contributed by atoms with Crippen LogP contribution in [0.4, 0.5) is 4.39 Å². The van der Waals surface area contributed by atoms with E-state index >= 15 is 0 Å². The first kappa shape index (κ1) is 13.5. The molecule has 1 fully saturated rings. The fourth-order valence-corrected chi connectivity index (χ4v) is 3.07. The largest absolute Gasteiger partial charge is 0.396 e. The molecule has 1 aromatic carbocycles. The predicted molar refractivity (Wildman–Crippen MR) is 70.7 cm³/mol. The second kappa shape index (κ2) is 5.81. The van der Waals surface area contributed by atoms with E-state index in [1.807, 2.05) is 13.1 Å². The Kier molecular flexibility index (Phi) is 4.36. The molecule has 1 aromatic rings. The molecule has 1 N–H and O–H groups in total. The Bertz CT molecular complexity index is 388. The number of hydrogen-bond donors (Lipinski definition) is 1. The topological polar surface area (TPSA) is 23.5 Å². The second-order valence-corrected chi connectivity index (χ2v) is 5.67. The molecule has 0 unspecified atom stereocenters. The van der Waals surface area contributed by atoms with Crippen molar-refractivity contribution in [1.82, 2.24) is 4.90 Å². The van der Waals surface area contributed by atoms with Crippen LogP contribution >= 0.6 is 0 Å². The van der Waals surface area contributed by atoms with Gasteiger partial charge in [-0.05, 0) is 37.6 Å². The monoisotopic (exact) mass is 251 g/mol. The molecule has 0 spiro atoms. The van der Waals surface area contributed by atoms with Gasteiger partial charge in [0.1, 0.15) is 5.82 Å². The maximum absolute atomic E-state index is 13.1. The SMILES string of the molecule is CN(Cc1cccc(F)c1)CC1(CO)CCCC1. The molecule has 0 saturated heterocycles. The van der Waals surface area contributed by atoms with Crippen LogP contribution in [-0.4, -0.2) is 30.2 Å². The maximum Gasteiger partial charge on any atom is 0.123 e. The van der Waals surface area contributed by atoms with Gasteiger partial charge in [-0.3, -0.25) is 0 Å². The van der Waals surface area contributed by atoms with Crippen LogP contribution in [0.25, 0.3) is 0 Å². The van der Waals surface area contributed by atoms with Gasteiger partial charge >= 0.3 is 0 Å². The Labute approximate surface area is 108 Å². The van der Waals surface area contributed by atoms with Crippen molar-refractivity contribution in [3.63, 3.8) is 0 Å². The Morgan fingerprint density at radius 3 is 2.67 bits per heavy atom. The van der Waals surface area contributed by atoms with Gasteiger partial charge in [0.2, 0.25) is 0 Å². The first-order valence-corrected chi connectivity index (χ1v) is 6.67. The van der Waals surface area contributed by atoms with E-state index in [4.69, 9.17) is 0 Å². The molecule has 0 aliphatic heterocycles. The third-order valence-electron chi connectivity index (χ3n) is 3.95. The van der Waals surface area contributed by atoms with Crippen molar-refractivity contribution in [2.75, 3.05) is 20.2 Å². The average molecular weight is 251 g/mol. The molecule has 0 aromatic heterocycles. The van der Waals surface area contributed by atoms with Gasteiger partial charge in [0.05, 0.1) is 0 Å². The fourth-order valence-electron chi connectivity index (χ4n) is 3.07. The molecule has 100 valence electrons. The molecule has 3 heteroatoms. The van der Waals surface area contributed by atoms with E-state index < -0.39 is 0 Å². The van der Waals surface area contributed by atoms with E-state index in [0.29, 0.717) is 0 Å². The summed E-state index contributed by atoms with van der Waals surface area (Å²) in [6, 6.07) is 6.74. The molecule has 0 bridgehead atoms. The minimum absolute atomic E-state index is 0.0715. The van der Waals surface area contributed by atoms with Crippen LogP contribution in [0.3, 0.4) is 0 Å². The second-order valence-electron chi connectivity index (χ2n) is 5.67. The molecule has 2 rings (SSSR count). The van der Waals surface area contributed by atoms with Gasteiger partial charge in [-0.2, -0.15) is 0 Å². The van der Waals surface area contributed by atoms with Gasteiger partial charge in [0.25, 0.3) is 0 Å². The summed E-state index contributed by atoms with van der Waals surface area (Å²) in [5.41, 5.74) is 1.06. The first-order valence-electron chi connectivity index (χ1n) is 6.67. The number of aliphatic hydroxyl groups is 1. The highest BCUT2D eigenvalue weighted by Crippen LogP contribution is 2.38. The van der Waals surface area contributed by atoms with Crippen molar-refractivity contribution in [3.8, 4) is 0 Å². The molecule has 2 nitrogen and oxygen atoms in total. The summed E-state index contributed by atoms with van der Waals surface area (Å²) >= 11 is 0. The van der Waals surface area contributed by atoms with E-state index in [1.54, 1.807) is 12.1 Å². The Balaban J connectivity index is 1.93. The van der Waals surface area contributed by atoms with Crippen LogP contribution < -0.4 is 0 Å². The quantitative estimate of drug-likeness (QED) is 0.870. The highest BCUT2D eigenvalue weighted by molar-refractivity contribution is 5.16. The summed E-state index contributed by atoms with van der Waals surface area (Å²) in [7, 11) is 2.04. The van der Waals surface area contributed by atoms with E-state index in [1.165, 1.54) is 18.9 Å². The van der Waals surface area contributed by atoms with E-state index in [9.17, 15) is 9.50 Å². The minimum Gasteiger partial charge on any atom is -0.396 e. The van der Waals surface area contributed by atoms with Gasteiger partial charge in [0.15, 0.2) is 0 Å². The molecular formula is C15H22FNO. The Hall–Kier alpha value is -0.930. The molecular weight excluding hydrogens is 229 g/mol.